The standard InChI is InChI=1S/C9H15BNO2/c1-2-3-6-11-7-4-9(5-8-11)10(12)13/h4-5,7-8,12-13H,2-3,6H2,1H3/q+1. The van der Waals surface area contributed by atoms with Crippen LogP contribution in [0.5, 0.6) is 0 Å². The molecule has 0 fully saturated rings. The lowest BCUT2D eigenvalue weighted by molar-refractivity contribution is -0.697. The number of hydrogen-bond donors (Lipinski definition) is 2. The highest BCUT2D eigenvalue weighted by atomic mass is 16.4. The number of hydrogen-bond acceptors (Lipinski definition) is 2. The molecule has 0 aliphatic heterocycles. The molecule has 1 heterocycles. The van der Waals surface area contributed by atoms with Gasteiger partial charge in [-0.2, -0.15) is 0 Å². The first-order chi connectivity index (χ1) is 6.24. The molecule has 0 bridgehead atoms. The van der Waals surface area contributed by atoms with Gasteiger partial charge in [-0.1, -0.05) is 13.3 Å². The van der Waals surface area contributed by atoms with Crippen LogP contribution in [-0.2, 0) is 6.54 Å². The van der Waals surface area contributed by atoms with Crippen LogP contribution in [-0.4, -0.2) is 17.2 Å². The van der Waals surface area contributed by atoms with Crippen LogP contribution < -0.4 is 10.0 Å². The van der Waals surface area contributed by atoms with Gasteiger partial charge in [0, 0.05) is 18.6 Å². The van der Waals surface area contributed by atoms with Gasteiger partial charge < -0.3 is 10.0 Å². The number of rotatable bonds is 4. The predicted octanol–water partition coefficient (Wildman–Crippen LogP) is -0.546. The molecule has 2 N–H and O–H groups in total. The molecule has 0 atom stereocenters. The smallest absolute Gasteiger partial charge is 0.423 e. The molecule has 4 heteroatoms. The Morgan fingerprint density at radius 1 is 1.31 bits per heavy atom. The van der Waals surface area contributed by atoms with Crippen molar-refractivity contribution in [1.29, 1.82) is 0 Å². The third-order valence-electron chi connectivity index (χ3n) is 1.98. The van der Waals surface area contributed by atoms with E-state index >= 15 is 0 Å². The first-order valence-corrected chi connectivity index (χ1v) is 4.59. The summed E-state index contributed by atoms with van der Waals surface area (Å²) in [6.07, 6.45) is 6.04. The lowest BCUT2D eigenvalue weighted by atomic mass is 9.81. The van der Waals surface area contributed by atoms with E-state index < -0.39 is 7.12 Å². The van der Waals surface area contributed by atoms with Crippen LogP contribution in [0.3, 0.4) is 0 Å². The van der Waals surface area contributed by atoms with Crippen molar-refractivity contribution in [2.24, 2.45) is 0 Å². The van der Waals surface area contributed by atoms with Crippen molar-refractivity contribution in [2.75, 3.05) is 0 Å². The molecule has 0 saturated carbocycles. The van der Waals surface area contributed by atoms with Crippen molar-refractivity contribution in [1.82, 2.24) is 0 Å². The van der Waals surface area contributed by atoms with Crippen molar-refractivity contribution >= 4 is 12.6 Å². The fourth-order valence-electron chi connectivity index (χ4n) is 1.13. The molecule has 0 unspecified atom stereocenters. The van der Waals surface area contributed by atoms with Crippen LogP contribution in [0.4, 0.5) is 0 Å². The van der Waals surface area contributed by atoms with Crippen molar-refractivity contribution in [2.45, 2.75) is 26.3 Å². The van der Waals surface area contributed by atoms with Crippen molar-refractivity contribution in [3.63, 3.8) is 0 Å². The molecule has 70 valence electrons. The maximum atomic E-state index is 8.84. The van der Waals surface area contributed by atoms with Crippen molar-refractivity contribution in [3.8, 4) is 0 Å². The number of aryl methyl sites for hydroxylation is 1. The fraction of sp³-hybridized carbons (Fsp3) is 0.444. The summed E-state index contributed by atoms with van der Waals surface area (Å²) in [7, 11) is -1.36. The SMILES string of the molecule is CCCC[n+]1ccc(B(O)O)cc1. The summed E-state index contributed by atoms with van der Waals surface area (Å²) in [6.45, 7) is 3.13. The van der Waals surface area contributed by atoms with E-state index in [-0.39, 0.29) is 0 Å². The quantitative estimate of drug-likeness (QED) is 0.482. The van der Waals surface area contributed by atoms with E-state index in [1.165, 1.54) is 0 Å². The molecule has 0 aliphatic carbocycles. The summed E-state index contributed by atoms with van der Waals surface area (Å²) in [6, 6.07) is 3.45. The molecule has 0 aromatic carbocycles. The Morgan fingerprint density at radius 2 is 1.92 bits per heavy atom. The van der Waals surface area contributed by atoms with Gasteiger partial charge in [0.15, 0.2) is 12.4 Å². The summed E-state index contributed by atoms with van der Waals surface area (Å²) in [4.78, 5) is 0. The molecular weight excluding hydrogens is 165 g/mol. The third kappa shape index (κ3) is 3.16. The van der Waals surface area contributed by atoms with Gasteiger partial charge in [0.05, 0.1) is 0 Å². The topological polar surface area (TPSA) is 44.3 Å². The first kappa shape index (κ1) is 10.2. The highest BCUT2D eigenvalue weighted by molar-refractivity contribution is 6.58. The van der Waals surface area contributed by atoms with Crippen LogP contribution in [0.25, 0.3) is 0 Å². The van der Waals surface area contributed by atoms with Crippen molar-refractivity contribution < 1.29 is 14.6 Å². The summed E-state index contributed by atoms with van der Waals surface area (Å²) in [5, 5.41) is 17.7. The number of aromatic nitrogens is 1. The van der Waals surface area contributed by atoms with E-state index in [2.05, 4.69) is 6.92 Å². The molecule has 0 spiro atoms. The second-order valence-corrected chi connectivity index (χ2v) is 3.10. The average Bonchev–Trinajstić information content (AvgIpc) is 2.15. The van der Waals surface area contributed by atoms with Gasteiger partial charge in [0.25, 0.3) is 0 Å². The molecule has 0 aliphatic rings. The second-order valence-electron chi connectivity index (χ2n) is 3.10. The van der Waals surface area contributed by atoms with Crippen molar-refractivity contribution in [3.05, 3.63) is 24.5 Å². The minimum Gasteiger partial charge on any atom is -0.423 e. The molecule has 0 saturated heterocycles. The highest BCUT2D eigenvalue weighted by Gasteiger charge is 2.11. The maximum absolute atomic E-state index is 8.84. The molecule has 0 radical (unpaired) electrons. The summed E-state index contributed by atoms with van der Waals surface area (Å²) in [5.74, 6) is 0. The van der Waals surface area contributed by atoms with E-state index in [9.17, 15) is 0 Å². The monoisotopic (exact) mass is 180 g/mol. The summed E-state index contributed by atoms with van der Waals surface area (Å²) in [5.41, 5.74) is 0.535. The van der Waals surface area contributed by atoms with Gasteiger partial charge in [-0.15, -0.1) is 0 Å². The zero-order chi connectivity index (χ0) is 9.68. The number of pyridine rings is 1. The molecular formula is C9H15BNO2+. The summed E-state index contributed by atoms with van der Waals surface area (Å²) < 4.78 is 2.04. The summed E-state index contributed by atoms with van der Waals surface area (Å²) >= 11 is 0. The fourth-order valence-corrected chi connectivity index (χ4v) is 1.13. The van der Waals surface area contributed by atoms with Crippen LogP contribution in [0, 0.1) is 0 Å². The van der Waals surface area contributed by atoms with Gasteiger partial charge in [-0.05, 0) is 5.46 Å². The van der Waals surface area contributed by atoms with E-state index in [1.54, 1.807) is 12.1 Å². The Labute approximate surface area is 78.8 Å². The van der Waals surface area contributed by atoms with Gasteiger partial charge in [0.1, 0.15) is 6.54 Å². The van der Waals surface area contributed by atoms with Gasteiger partial charge >= 0.3 is 7.12 Å². The maximum Gasteiger partial charge on any atom is 0.488 e. The molecule has 3 nitrogen and oxygen atoms in total. The van der Waals surface area contributed by atoms with Crippen LogP contribution in [0.1, 0.15) is 19.8 Å². The Hall–Kier alpha value is -0.865. The predicted molar refractivity (Wildman–Crippen MR) is 51.4 cm³/mol. The zero-order valence-corrected chi connectivity index (χ0v) is 7.85. The van der Waals surface area contributed by atoms with Crippen LogP contribution >= 0.6 is 0 Å². The van der Waals surface area contributed by atoms with E-state index in [0.29, 0.717) is 5.46 Å². The van der Waals surface area contributed by atoms with Gasteiger partial charge in [-0.3, -0.25) is 0 Å². The minimum atomic E-state index is -1.36. The number of unbranched alkanes of at least 4 members (excludes halogenated alkanes) is 1. The Kier molecular flexibility index (Phi) is 3.92. The third-order valence-corrected chi connectivity index (χ3v) is 1.98. The Morgan fingerprint density at radius 3 is 2.38 bits per heavy atom. The molecule has 1 rings (SSSR count). The molecule has 1 aromatic rings. The second kappa shape index (κ2) is 4.99. The normalized spacial score (nSPS) is 10.1. The highest BCUT2D eigenvalue weighted by Crippen LogP contribution is 1.86. The molecule has 1 aromatic heterocycles. The minimum absolute atomic E-state index is 0.535. The zero-order valence-electron chi connectivity index (χ0n) is 7.85. The lowest BCUT2D eigenvalue weighted by Crippen LogP contribution is -2.38. The van der Waals surface area contributed by atoms with Crippen LogP contribution in [0.2, 0.25) is 0 Å². The van der Waals surface area contributed by atoms with E-state index in [4.69, 9.17) is 10.0 Å². The van der Waals surface area contributed by atoms with Gasteiger partial charge in [-0.25, -0.2) is 4.57 Å². The van der Waals surface area contributed by atoms with Gasteiger partial charge in [0.2, 0.25) is 0 Å². The van der Waals surface area contributed by atoms with E-state index in [0.717, 1.165) is 19.4 Å². The Balaban J connectivity index is 2.59. The van der Waals surface area contributed by atoms with E-state index in [1.807, 2.05) is 17.0 Å². The number of nitrogens with zero attached hydrogens (tertiary/aromatic N) is 1. The molecule has 0 amide bonds. The van der Waals surface area contributed by atoms with Crippen LogP contribution in [0.15, 0.2) is 24.5 Å². The molecule has 13 heavy (non-hydrogen) atoms. The lowest BCUT2D eigenvalue weighted by Gasteiger charge is -1.98. The largest absolute Gasteiger partial charge is 0.488 e. The first-order valence-electron chi connectivity index (χ1n) is 4.59. The Bertz CT molecular complexity index is 248. The average molecular weight is 180 g/mol.